The van der Waals surface area contributed by atoms with E-state index in [9.17, 15) is 4.79 Å². The van der Waals surface area contributed by atoms with Crippen LogP contribution < -0.4 is 0 Å². The summed E-state index contributed by atoms with van der Waals surface area (Å²) in [6.07, 6.45) is 3.76. The fourth-order valence-corrected chi connectivity index (χ4v) is 3.41. The number of esters is 1. The standard InChI is InChI=1S/C17H18O2S2.C3H8/c1-19-17(18)8-9-21-16-11-14(10-15(12-16)20-2)13-6-4-3-5-7-13;1-3-2/h3-7,10-12H,8-9H2,1-2H3;3H2,1-2H3. The van der Waals surface area contributed by atoms with Crippen molar-refractivity contribution in [3.63, 3.8) is 0 Å². The average molecular weight is 363 g/mol. The predicted octanol–water partition coefficient (Wildman–Crippen LogP) is 6.15. The van der Waals surface area contributed by atoms with E-state index in [1.807, 2.05) is 18.2 Å². The van der Waals surface area contributed by atoms with Gasteiger partial charge >= 0.3 is 5.97 Å². The van der Waals surface area contributed by atoms with Crippen LogP contribution in [0.15, 0.2) is 58.3 Å². The first-order valence-electron chi connectivity index (χ1n) is 8.08. The van der Waals surface area contributed by atoms with E-state index in [1.54, 1.807) is 23.5 Å². The number of rotatable bonds is 6. The van der Waals surface area contributed by atoms with Crippen LogP contribution in [0.3, 0.4) is 0 Å². The van der Waals surface area contributed by atoms with E-state index in [4.69, 9.17) is 0 Å². The molecule has 2 nitrogen and oxygen atoms in total. The van der Waals surface area contributed by atoms with Crippen LogP contribution in [-0.2, 0) is 9.53 Å². The molecule has 0 atom stereocenters. The SMILES string of the molecule is CCC.COC(=O)CCSc1cc(SC)cc(-c2ccccc2)c1. The molecule has 0 aliphatic rings. The lowest BCUT2D eigenvalue weighted by Crippen LogP contribution is -2.00. The second-order valence-electron chi connectivity index (χ2n) is 5.14. The molecule has 0 aliphatic heterocycles. The number of ether oxygens (including phenoxy) is 1. The number of hydrogen-bond donors (Lipinski definition) is 0. The van der Waals surface area contributed by atoms with Crippen molar-refractivity contribution in [1.29, 1.82) is 0 Å². The summed E-state index contributed by atoms with van der Waals surface area (Å²) in [7, 11) is 1.43. The topological polar surface area (TPSA) is 26.3 Å². The van der Waals surface area contributed by atoms with E-state index in [2.05, 4.69) is 55.2 Å². The zero-order valence-corrected chi connectivity index (χ0v) is 16.5. The minimum atomic E-state index is -0.160. The monoisotopic (exact) mass is 362 g/mol. The molecule has 24 heavy (non-hydrogen) atoms. The van der Waals surface area contributed by atoms with Gasteiger partial charge in [-0.2, -0.15) is 0 Å². The molecular weight excluding hydrogens is 336 g/mol. The minimum absolute atomic E-state index is 0.160. The first-order valence-corrected chi connectivity index (χ1v) is 10.3. The molecule has 4 heteroatoms. The van der Waals surface area contributed by atoms with E-state index >= 15 is 0 Å². The summed E-state index contributed by atoms with van der Waals surface area (Å²) in [6, 6.07) is 16.9. The number of carbonyl (C=O) groups excluding carboxylic acids is 1. The van der Waals surface area contributed by atoms with E-state index < -0.39 is 0 Å². The van der Waals surface area contributed by atoms with Crippen LogP contribution in [0.4, 0.5) is 0 Å². The third-order valence-corrected chi connectivity index (χ3v) is 4.71. The number of hydrogen-bond acceptors (Lipinski definition) is 4. The first kappa shape index (κ1) is 20.7. The van der Waals surface area contributed by atoms with E-state index in [-0.39, 0.29) is 5.97 Å². The van der Waals surface area contributed by atoms with Gasteiger partial charge in [-0.15, -0.1) is 23.5 Å². The molecule has 0 radical (unpaired) electrons. The number of carbonyl (C=O) groups is 1. The minimum Gasteiger partial charge on any atom is -0.469 e. The lowest BCUT2D eigenvalue weighted by Gasteiger charge is -2.08. The Hall–Kier alpha value is -1.39. The normalized spacial score (nSPS) is 9.83. The first-order chi connectivity index (χ1) is 11.6. The molecule has 2 aromatic carbocycles. The second kappa shape index (κ2) is 12.0. The summed E-state index contributed by atoms with van der Waals surface area (Å²) in [6.45, 7) is 4.25. The van der Waals surface area contributed by atoms with Crippen LogP contribution >= 0.6 is 23.5 Å². The van der Waals surface area contributed by atoms with Crippen LogP contribution in [0.1, 0.15) is 26.7 Å². The summed E-state index contributed by atoms with van der Waals surface area (Å²) < 4.78 is 4.67. The Kier molecular flexibility index (Phi) is 10.4. The quantitative estimate of drug-likeness (QED) is 0.455. The highest BCUT2D eigenvalue weighted by Gasteiger charge is 2.05. The van der Waals surface area contributed by atoms with Gasteiger partial charge in [0.25, 0.3) is 0 Å². The van der Waals surface area contributed by atoms with Gasteiger partial charge in [0.1, 0.15) is 0 Å². The highest BCUT2D eigenvalue weighted by molar-refractivity contribution is 7.99. The highest BCUT2D eigenvalue weighted by Crippen LogP contribution is 2.31. The lowest BCUT2D eigenvalue weighted by molar-refractivity contribution is -0.140. The predicted molar refractivity (Wildman–Crippen MR) is 107 cm³/mol. The van der Waals surface area contributed by atoms with E-state index in [0.29, 0.717) is 6.42 Å². The van der Waals surface area contributed by atoms with Gasteiger partial charge in [-0.05, 0) is 35.6 Å². The summed E-state index contributed by atoms with van der Waals surface area (Å²) >= 11 is 3.42. The van der Waals surface area contributed by atoms with E-state index in [0.717, 1.165) is 5.75 Å². The molecule has 0 amide bonds. The van der Waals surface area contributed by atoms with Gasteiger partial charge in [0, 0.05) is 15.5 Å². The Morgan fingerprint density at radius 3 is 2.21 bits per heavy atom. The van der Waals surface area contributed by atoms with Crippen molar-refractivity contribution < 1.29 is 9.53 Å². The van der Waals surface area contributed by atoms with Crippen LogP contribution in [0, 0.1) is 0 Å². The maximum absolute atomic E-state index is 11.2. The number of thioether (sulfide) groups is 2. The molecule has 0 aliphatic carbocycles. The molecule has 0 spiro atoms. The average Bonchev–Trinajstić information content (AvgIpc) is 2.62. The number of benzene rings is 2. The van der Waals surface area contributed by atoms with Crippen molar-refractivity contribution in [2.45, 2.75) is 36.5 Å². The van der Waals surface area contributed by atoms with Crippen molar-refractivity contribution in [3.8, 4) is 11.1 Å². The Balaban J connectivity index is 0.000000891. The fourth-order valence-electron chi connectivity index (χ4n) is 1.92. The molecule has 0 N–H and O–H groups in total. The van der Waals surface area contributed by atoms with Crippen molar-refractivity contribution in [1.82, 2.24) is 0 Å². The van der Waals surface area contributed by atoms with Crippen molar-refractivity contribution in [2.75, 3.05) is 19.1 Å². The van der Waals surface area contributed by atoms with Crippen molar-refractivity contribution >= 4 is 29.5 Å². The maximum Gasteiger partial charge on any atom is 0.306 e. The molecule has 2 rings (SSSR count). The third kappa shape index (κ3) is 7.45. The smallest absolute Gasteiger partial charge is 0.306 e. The van der Waals surface area contributed by atoms with Gasteiger partial charge in [0.15, 0.2) is 0 Å². The highest BCUT2D eigenvalue weighted by atomic mass is 32.2. The van der Waals surface area contributed by atoms with Gasteiger partial charge in [-0.1, -0.05) is 50.6 Å². The zero-order chi connectivity index (χ0) is 17.8. The van der Waals surface area contributed by atoms with Gasteiger partial charge in [0.2, 0.25) is 0 Å². The molecule has 0 saturated carbocycles. The molecule has 0 aromatic heterocycles. The molecule has 0 saturated heterocycles. The van der Waals surface area contributed by atoms with Gasteiger partial charge < -0.3 is 4.74 Å². The molecule has 0 fully saturated rings. The summed E-state index contributed by atoms with van der Waals surface area (Å²) in [5.41, 5.74) is 2.42. The van der Waals surface area contributed by atoms with Gasteiger partial charge in [-0.25, -0.2) is 0 Å². The maximum atomic E-state index is 11.2. The Labute approximate surface area is 154 Å². The summed E-state index contributed by atoms with van der Waals surface area (Å²) in [5.74, 6) is 0.574. The molecule has 2 aromatic rings. The fraction of sp³-hybridized carbons (Fsp3) is 0.350. The summed E-state index contributed by atoms with van der Waals surface area (Å²) in [4.78, 5) is 13.6. The van der Waals surface area contributed by atoms with E-state index in [1.165, 1.54) is 34.4 Å². The molecule has 0 unspecified atom stereocenters. The number of methoxy groups -OCH3 is 1. The Bertz CT molecular complexity index is 612. The molecular formula is C20H26O2S2. The Morgan fingerprint density at radius 2 is 1.62 bits per heavy atom. The van der Waals surface area contributed by atoms with Crippen LogP contribution in [-0.4, -0.2) is 25.1 Å². The molecule has 0 heterocycles. The van der Waals surface area contributed by atoms with Crippen LogP contribution in [0.5, 0.6) is 0 Å². The largest absolute Gasteiger partial charge is 0.469 e. The second-order valence-corrected chi connectivity index (χ2v) is 7.19. The summed E-state index contributed by atoms with van der Waals surface area (Å²) in [5, 5.41) is 0. The van der Waals surface area contributed by atoms with Crippen molar-refractivity contribution in [2.24, 2.45) is 0 Å². The van der Waals surface area contributed by atoms with Crippen LogP contribution in [0.2, 0.25) is 0 Å². The third-order valence-electron chi connectivity index (χ3n) is 3.03. The van der Waals surface area contributed by atoms with Crippen molar-refractivity contribution in [3.05, 3.63) is 48.5 Å². The molecule has 0 bridgehead atoms. The Morgan fingerprint density at radius 1 is 1.00 bits per heavy atom. The lowest BCUT2D eigenvalue weighted by atomic mass is 10.1. The molecule has 130 valence electrons. The van der Waals surface area contributed by atoms with Gasteiger partial charge in [-0.3, -0.25) is 4.79 Å². The van der Waals surface area contributed by atoms with Crippen LogP contribution in [0.25, 0.3) is 11.1 Å². The zero-order valence-electron chi connectivity index (χ0n) is 14.9. The van der Waals surface area contributed by atoms with Gasteiger partial charge in [0.05, 0.1) is 13.5 Å².